The van der Waals surface area contributed by atoms with Gasteiger partial charge in [-0.05, 0) is 30.5 Å². The van der Waals surface area contributed by atoms with Crippen molar-refractivity contribution in [3.63, 3.8) is 0 Å². The van der Waals surface area contributed by atoms with Gasteiger partial charge in [-0.1, -0.05) is 35.3 Å². The summed E-state index contributed by atoms with van der Waals surface area (Å²) < 4.78 is 1.01. The molecule has 2 nitrogen and oxygen atoms in total. The maximum atomic E-state index is 10.8. The van der Waals surface area contributed by atoms with Gasteiger partial charge in [0.1, 0.15) is 0 Å². The fourth-order valence-corrected chi connectivity index (χ4v) is 1.85. The number of hydrogen-bond acceptors (Lipinski definition) is 1. The van der Waals surface area contributed by atoms with Gasteiger partial charge < -0.3 is 4.90 Å². The van der Waals surface area contributed by atoms with Crippen LogP contribution in [0.5, 0.6) is 0 Å². The zero-order valence-corrected chi connectivity index (χ0v) is 10.8. The minimum Gasteiger partial charge on any atom is -0.318 e. The van der Waals surface area contributed by atoms with Gasteiger partial charge in [0, 0.05) is 17.2 Å². The van der Waals surface area contributed by atoms with Crippen LogP contribution >= 0.6 is 15.9 Å². The van der Waals surface area contributed by atoms with E-state index in [1.807, 2.05) is 12.1 Å². The molecule has 1 amide bonds. The lowest BCUT2D eigenvalue weighted by atomic mass is 10.1. The number of benzene rings is 1. The van der Waals surface area contributed by atoms with Crippen molar-refractivity contribution in [2.75, 3.05) is 11.9 Å². The number of amides is 1. The summed E-state index contributed by atoms with van der Waals surface area (Å²) in [6, 6.07) is 6.08. The van der Waals surface area contributed by atoms with Crippen molar-refractivity contribution in [3.05, 3.63) is 28.2 Å². The molecule has 1 aromatic rings. The minimum atomic E-state index is 0.844. The second kappa shape index (κ2) is 5.91. The summed E-state index contributed by atoms with van der Waals surface area (Å²) in [4.78, 5) is 12.4. The van der Waals surface area contributed by atoms with Gasteiger partial charge in [-0.25, -0.2) is 0 Å². The second-order valence-corrected chi connectivity index (χ2v) is 4.51. The van der Waals surface area contributed by atoms with Crippen LogP contribution in [-0.2, 0) is 11.2 Å². The first-order chi connectivity index (χ1) is 7.19. The molecule has 0 fully saturated rings. The first-order valence-corrected chi connectivity index (χ1v) is 5.95. The maximum absolute atomic E-state index is 10.8. The van der Waals surface area contributed by atoms with Crippen LogP contribution < -0.4 is 4.90 Å². The molecule has 0 atom stereocenters. The zero-order chi connectivity index (χ0) is 11.3. The molecular formula is C12H16BrNO. The van der Waals surface area contributed by atoms with E-state index in [-0.39, 0.29) is 0 Å². The summed E-state index contributed by atoms with van der Waals surface area (Å²) in [6.07, 6.45) is 4.19. The van der Waals surface area contributed by atoms with Gasteiger partial charge in [0.25, 0.3) is 0 Å². The largest absolute Gasteiger partial charge is 0.318 e. The first kappa shape index (κ1) is 12.2. The molecule has 1 aromatic carbocycles. The normalized spacial score (nSPS) is 10.1. The Morgan fingerprint density at radius 3 is 2.80 bits per heavy atom. The van der Waals surface area contributed by atoms with Gasteiger partial charge in [-0.15, -0.1) is 0 Å². The van der Waals surface area contributed by atoms with Gasteiger partial charge in [0.05, 0.1) is 0 Å². The molecule has 0 saturated carbocycles. The fraction of sp³-hybridized carbons (Fsp3) is 0.417. The van der Waals surface area contributed by atoms with Gasteiger partial charge in [-0.2, -0.15) is 0 Å². The van der Waals surface area contributed by atoms with Crippen molar-refractivity contribution in [2.45, 2.75) is 26.2 Å². The summed E-state index contributed by atoms with van der Waals surface area (Å²) in [6.45, 7) is 2.17. The molecule has 3 heteroatoms. The molecule has 0 aliphatic heterocycles. The Bertz CT molecular complexity index is 338. The third-order valence-electron chi connectivity index (χ3n) is 2.39. The van der Waals surface area contributed by atoms with Crippen molar-refractivity contribution in [2.24, 2.45) is 0 Å². The number of halogens is 1. The molecule has 0 aromatic heterocycles. The number of carbonyl (C=O) groups excluding carboxylic acids is 1. The lowest BCUT2D eigenvalue weighted by molar-refractivity contribution is -0.107. The standard InChI is InChI=1S/C12H16BrNO/c1-3-4-5-10-6-7-11(13)8-12(10)14(2)9-15/h6-9H,3-5H2,1-2H3. The molecule has 0 unspecified atom stereocenters. The molecule has 0 saturated heterocycles. The van der Waals surface area contributed by atoms with E-state index in [1.54, 1.807) is 11.9 Å². The first-order valence-electron chi connectivity index (χ1n) is 5.15. The maximum Gasteiger partial charge on any atom is 0.213 e. The molecule has 0 aliphatic carbocycles. The van der Waals surface area contributed by atoms with Gasteiger partial charge >= 0.3 is 0 Å². The second-order valence-electron chi connectivity index (χ2n) is 3.59. The number of carbonyl (C=O) groups is 1. The smallest absolute Gasteiger partial charge is 0.213 e. The third-order valence-corrected chi connectivity index (χ3v) is 2.88. The summed E-state index contributed by atoms with van der Waals surface area (Å²) in [5, 5.41) is 0. The van der Waals surface area contributed by atoms with Crippen molar-refractivity contribution >= 4 is 28.0 Å². The molecule has 15 heavy (non-hydrogen) atoms. The topological polar surface area (TPSA) is 20.3 Å². The van der Waals surface area contributed by atoms with E-state index in [9.17, 15) is 4.79 Å². The van der Waals surface area contributed by atoms with Gasteiger partial charge in [-0.3, -0.25) is 4.79 Å². The predicted molar refractivity (Wildman–Crippen MR) is 67.2 cm³/mol. The molecule has 1 rings (SSSR count). The zero-order valence-electron chi connectivity index (χ0n) is 9.16. The van der Waals surface area contributed by atoms with E-state index >= 15 is 0 Å². The highest BCUT2D eigenvalue weighted by Crippen LogP contribution is 2.25. The Morgan fingerprint density at radius 1 is 1.47 bits per heavy atom. The quantitative estimate of drug-likeness (QED) is 0.751. The van der Waals surface area contributed by atoms with Crippen LogP contribution in [0.25, 0.3) is 0 Å². The average Bonchev–Trinajstić information content (AvgIpc) is 2.26. The highest BCUT2D eigenvalue weighted by atomic mass is 79.9. The van der Waals surface area contributed by atoms with Crippen LogP contribution in [-0.4, -0.2) is 13.5 Å². The van der Waals surface area contributed by atoms with E-state index in [4.69, 9.17) is 0 Å². The highest BCUT2D eigenvalue weighted by molar-refractivity contribution is 9.10. The number of nitrogens with zero attached hydrogens (tertiary/aromatic N) is 1. The predicted octanol–water partition coefficient (Wildman–Crippen LogP) is 3.38. The molecule has 0 aliphatic rings. The number of unbranched alkanes of at least 4 members (excludes halogenated alkanes) is 1. The van der Waals surface area contributed by atoms with Crippen LogP contribution in [0.3, 0.4) is 0 Å². The van der Waals surface area contributed by atoms with E-state index in [1.165, 1.54) is 12.0 Å². The Balaban J connectivity index is 2.97. The van der Waals surface area contributed by atoms with Gasteiger partial charge in [0.15, 0.2) is 0 Å². The Kier molecular flexibility index (Phi) is 4.82. The van der Waals surface area contributed by atoms with E-state index in [0.717, 1.165) is 29.4 Å². The molecule has 0 N–H and O–H groups in total. The van der Waals surface area contributed by atoms with E-state index < -0.39 is 0 Å². The van der Waals surface area contributed by atoms with Crippen LogP contribution in [0.1, 0.15) is 25.3 Å². The average molecular weight is 270 g/mol. The van der Waals surface area contributed by atoms with Crippen molar-refractivity contribution in [3.8, 4) is 0 Å². The van der Waals surface area contributed by atoms with Crippen LogP contribution in [0, 0.1) is 0 Å². The highest BCUT2D eigenvalue weighted by Gasteiger charge is 2.06. The summed E-state index contributed by atoms with van der Waals surface area (Å²) in [5.74, 6) is 0. The van der Waals surface area contributed by atoms with Crippen LogP contribution in [0.4, 0.5) is 5.69 Å². The summed E-state index contributed by atoms with van der Waals surface area (Å²) in [5.41, 5.74) is 2.22. The minimum absolute atomic E-state index is 0.844. The van der Waals surface area contributed by atoms with Crippen LogP contribution in [0.2, 0.25) is 0 Å². The van der Waals surface area contributed by atoms with Crippen LogP contribution in [0.15, 0.2) is 22.7 Å². The fourth-order valence-electron chi connectivity index (χ4n) is 1.50. The molecule has 0 spiro atoms. The molecule has 0 bridgehead atoms. The Morgan fingerprint density at radius 2 is 2.20 bits per heavy atom. The van der Waals surface area contributed by atoms with Crippen molar-refractivity contribution < 1.29 is 4.79 Å². The Hall–Kier alpha value is -0.830. The number of aryl methyl sites for hydroxylation is 1. The number of hydrogen-bond donors (Lipinski definition) is 0. The Labute approximate surface area is 99.4 Å². The van der Waals surface area contributed by atoms with Crippen molar-refractivity contribution in [1.29, 1.82) is 0 Å². The summed E-state index contributed by atoms with van der Waals surface area (Å²) in [7, 11) is 1.78. The third kappa shape index (κ3) is 3.34. The summed E-state index contributed by atoms with van der Waals surface area (Å²) >= 11 is 3.42. The molecule has 82 valence electrons. The lowest BCUT2D eigenvalue weighted by Gasteiger charge is -2.16. The monoisotopic (exact) mass is 269 g/mol. The van der Waals surface area contributed by atoms with Crippen molar-refractivity contribution in [1.82, 2.24) is 0 Å². The number of anilines is 1. The number of rotatable bonds is 5. The van der Waals surface area contributed by atoms with E-state index in [0.29, 0.717) is 0 Å². The van der Waals surface area contributed by atoms with E-state index in [2.05, 4.69) is 28.9 Å². The molecule has 0 heterocycles. The molecular weight excluding hydrogens is 254 g/mol. The molecule has 0 radical (unpaired) electrons. The lowest BCUT2D eigenvalue weighted by Crippen LogP contribution is -2.15. The van der Waals surface area contributed by atoms with Gasteiger partial charge in [0.2, 0.25) is 6.41 Å². The SMILES string of the molecule is CCCCc1ccc(Br)cc1N(C)C=O.